The van der Waals surface area contributed by atoms with Gasteiger partial charge < -0.3 is 10.3 Å². The number of H-pyrrole nitrogens is 1. The summed E-state index contributed by atoms with van der Waals surface area (Å²) in [4.78, 5) is 7.57. The molecule has 0 spiro atoms. The van der Waals surface area contributed by atoms with E-state index in [9.17, 15) is 0 Å². The number of hydrogen-bond donors (Lipinski definition) is 2. The van der Waals surface area contributed by atoms with Gasteiger partial charge in [-0.15, -0.1) is 0 Å². The van der Waals surface area contributed by atoms with Crippen LogP contribution in [0, 0.1) is 4.77 Å². The third kappa shape index (κ3) is 2.23. The van der Waals surface area contributed by atoms with E-state index in [0.29, 0.717) is 4.77 Å². The SMILES string of the molecule is S=c1nc(Nc2cccc3ccccc23)c2ccccc2[nH]1. The molecule has 0 unspecified atom stereocenters. The van der Waals surface area contributed by atoms with Gasteiger partial charge >= 0.3 is 0 Å². The summed E-state index contributed by atoms with van der Waals surface area (Å²) in [6.07, 6.45) is 0. The van der Waals surface area contributed by atoms with Crippen molar-refractivity contribution in [1.82, 2.24) is 9.97 Å². The van der Waals surface area contributed by atoms with Gasteiger partial charge in [0.05, 0.1) is 5.52 Å². The van der Waals surface area contributed by atoms with E-state index >= 15 is 0 Å². The summed E-state index contributed by atoms with van der Waals surface area (Å²) in [5.74, 6) is 0.774. The normalized spacial score (nSPS) is 10.9. The van der Waals surface area contributed by atoms with Crippen LogP contribution in [0.5, 0.6) is 0 Å². The number of benzene rings is 3. The fourth-order valence-corrected chi connectivity index (χ4v) is 2.86. The first-order valence-corrected chi connectivity index (χ1v) is 7.46. The molecule has 0 aliphatic heterocycles. The lowest BCUT2D eigenvalue weighted by atomic mass is 10.1. The zero-order chi connectivity index (χ0) is 14.9. The maximum Gasteiger partial charge on any atom is 0.199 e. The third-order valence-corrected chi connectivity index (χ3v) is 3.87. The van der Waals surface area contributed by atoms with Gasteiger partial charge in [0.15, 0.2) is 4.77 Å². The summed E-state index contributed by atoms with van der Waals surface area (Å²) in [6, 6.07) is 22.5. The zero-order valence-corrected chi connectivity index (χ0v) is 12.5. The Balaban J connectivity index is 1.91. The molecule has 22 heavy (non-hydrogen) atoms. The molecule has 0 amide bonds. The van der Waals surface area contributed by atoms with E-state index in [1.165, 1.54) is 5.39 Å². The average Bonchev–Trinajstić information content (AvgIpc) is 2.55. The monoisotopic (exact) mass is 303 g/mol. The van der Waals surface area contributed by atoms with E-state index in [0.717, 1.165) is 27.8 Å². The lowest BCUT2D eigenvalue weighted by molar-refractivity contribution is 1.18. The Morgan fingerprint density at radius 2 is 1.55 bits per heavy atom. The van der Waals surface area contributed by atoms with Crippen molar-refractivity contribution in [2.45, 2.75) is 0 Å². The summed E-state index contributed by atoms with van der Waals surface area (Å²) < 4.78 is 0.474. The second-order valence-electron chi connectivity index (χ2n) is 5.09. The standard InChI is InChI=1S/C18H13N3S/c22-18-20-16-10-4-3-9-14(16)17(21-18)19-15-11-5-7-12-6-1-2-8-13(12)15/h1-11H,(H2,19,20,21,22). The van der Waals surface area contributed by atoms with Gasteiger partial charge in [-0.05, 0) is 35.8 Å². The van der Waals surface area contributed by atoms with Crippen LogP contribution in [0.25, 0.3) is 21.7 Å². The minimum absolute atomic E-state index is 0.474. The summed E-state index contributed by atoms with van der Waals surface area (Å²) in [5, 5.41) is 6.80. The number of para-hydroxylation sites is 1. The molecule has 0 saturated heterocycles. The van der Waals surface area contributed by atoms with Gasteiger partial charge in [0.25, 0.3) is 0 Å². The second-order valence-corrected chi connectivity index (χ2v) is 5.47. The van der Waals surface area contributed by atoms with Crippen molar-refractivity contribution in [3.8, 4) is 0 Å². The molecule has 0 bridgehead atoms. The van der Waals surface area contributed by atoms with Crippen molar-refractivity contribution in [2.24, 2.45) is 0 Å². The number of anilines is 2. The second kappa shape index (κ2) is 5.24. The Morgan fingerprint density at radius 3 is 2.45 bits per heavy atom. The van der Waals surface area contributed by atoms with Crippen molar-refractivity contribution < 1.29 is 0 Å². The van der Waals surface area contributed by atoms with E-state index in [1.54, 1.807) is 0 Å². The molecule has 4 aromatic rings. The Bertz CT molecular complexity index is 1030. The maximum absolute atomic E-state index is 5.23. The highest BCUT2D eigenvalue weighted by molar-refractivity contribution is 7.71. The maximum atomic E-state index is 5.23. The van der Waals surface area contributed by atoms with E-state index in [4.69, 9.17) is 12.2 Å². The number of aromatic amines is 1. The van der Waals surface area contributed by atoms with Gasteiger partial charge in [-0.3, -0.25) is 0 Å². The predicted molar refractivity (Wildman–Crippen MR) is 94.2 cm³/mol. The zero-order valence-electron chi connectivity index (χ0n) is 11.7. The minimum atomic E-state index is 0.474. The molecule has 2 N–H and O–H groups in total. The van der Waals surface area contributed by atoms with Gasteiger partial charge in [0.1, 0.15) is 5.82 Å². The number of rotatable bonds is 2. The molecule has 1 aromatic heterocycles. The lowest BCUT2D eigenvalue weighted by Gasteiger charge is -2.11. The highest BCUT2D eigenvalue weighted by Gasteiger charge is 2.06. The van der Waals surface area contributed by atoms with Crippen molar-refractivity contribution in [1.29, 1.82) is 0 Å². The van der Waals surface area contributed by atoms with E-state index in [-0.39, 0.29) is 0 Å². The highest BCUT2D eigenvalue weighted by Crippen LogP contribution is 2.28. The van der Waals surface area contributed by atoms with E-state index in [1.807, 2.05) is 42.5 Å². The van der Waals surface area contributed by atoms with E-state index < -0.39 is 0 Å². The average molecular weight is 303 g/mol. The molecule has 1 heterocycles. The molecule has 106 valence electrons. The number of hydrogen-bond acceptors (Lipinski definition) is 3. The molecular formula is C18H13N3S. The molecule has 0 radical (unpaired) electrons. The van der Waals surface area contributed by atoms with Crippen LogP contribution in [0.2, 0.25) is 0 Å². The van der Waals surface area contributed by atoms with Gasteiger partial charge in [-0.25, -0.2) is 4.98 Å². The Kier molecular flexibility index (Phi) is 3.09. The molecule has 0 saturated carbocycles. The van der Waals surface area contributed by atoms with Crippen molar-refractivity contribution >= 4 is 45.4 Å². The van der Waals surface area contributed by atoms with E-state index in [2.05, 4.69) is 39.6 Å². The van der Waals surface area contributed by atoms with Crippen LogP contribution in [0.4, 0.5) is 11.5 Å². The van der Waals surface area contributed by atoms with Crippen LogP contribution in [0.15, 0.2) is 66.7 Å². The number of aromatic nitrogens is 2. The first-order valence-electron chi connectivity index (χ1n) is 7.05. The highest BCUT2D eigenvalue weighted by atomic mass is 32.1. The number of fused-ring (bicyclic) bond motifs is 2. The molecule has 0 atom stereocenters. The smallest absolute Gasteiger partial charge is 0.199 e. The van der Waals surface area contributed by atoms with Crippen LogP contribution in [0.3, 0.4) is 0 Å². The van der Waals surface area contributed by atoms with Crippen molar-refractivity contribution in [2.75, 3.05) is 5.32 Å². The van der Waals surface area contributed by atoms with Gasteiger partial charge in [-0.1, -0.05) is 48.5 Å². The molecular weight excluding hydrogens is 290 g/mol. The molecule has 4 heteroatoms. The Labute approximate surface area is 132 Å². The fourth-order valence-electron chi connectivity index (χ4n) is 2.66. The fraction of sp³-hybridized carbons (Fsp3) is 0. The predicted octanol–water partition coefficient (Wildman–Crippen LogP) is 5.19. The number of nitrogens with zero attached hydrogens (tertiary/aromatic N) is 1. The Morgan fingerprint density at radius 1 is 0.818 bits per heavy atom. The molecule has 4 rings (SSSR count). The van der Waals surface area contributed by atoms with Gasteiger partial charge in [0.2, 0.25) is 0 Å². The topological polar surface area (TPSA) is 40.7 Å². The van der Waals surface area contributed by atoms with Crippen LogP contribution >= 0.6 is 12.2 Å². The van der Waals surface area contributed by atoms with Crippen LogP contribution in [0.1, 0.15) is 0 Å². The molecule has 0 aliphatic carbocycles. The Hall–Kier alpha value is -2.72. The third-order valence-electron chi connectivity index (χ3n) is 3.68. The van der Waals surface area contributed by atoms with Crippen molar-refractivity contribution in [3.05, 3.63) is 71.5 Å². The summed E-state index contributed by atoms with van der Waals surface area (Å²) in [5.41, 5.74) is 2.00. The summed E-state index contributed by atoms with van der Waals surface area (Å²) >= 11 is 5.23. The number of nitrogens with one attached hydrogen (secondary N) is 2. The lowest BCUT2D eigenvalue weighted by Crippen LogP contribution is -1.97. The van der Waals surface area contributed by atoms with Gasteiger partial charge in [-0.2, -0.15) is 0 Å². The van der Waals surface area contributed by atoms with Gasteiger partial charge in [0, 0.05) is 16.5 Å². The summed E-state index contributed by atoms with van der Waals surface area (Å²) in [6.45, 7) is 0. The largest absolute Gasteiger partial charge is 0.339 e. The molecule has 0 aliphatic rings. The molecule has 3 nitrogen and oxygen atoms in total. The van der Waals surface area contributed by atoms with Crippen LogP contribution < -0.4 is 5.32 Å². The quantitative estimate of drug-likeness (QED) is 0.501. The van der Waals surface area contributed by atoms with Crippen LogP contribution in [-0.2, 0) is 0 Å². The minimum Gasteiger partial charge on any atom is -0.339 e. The first kappa shape index (κ1) is 13.0. The summed E-state index contributed by atoms with van der Waals surface area (Å²) in [7, 11) is 0. The molecule has 0 fully saturated rings. The van der Waals surface area contributed by atoms with Crippen molar-refractivity contribution in [3.63, 3.8) is 0 Å². The first-order chi connectivity index (χ1) is 10.8. The van der Waals surface area contributed by atoms with Crippen LogP contribution in [-0.4, -0.2) is 9.97 Å². The molecule has 3 aromatic carbocycles.